The third-order valence-electron chi connectivity index (χ3n) is 4.84. The summed E-state index contributed by atoms with van der Waals surface area (Å²) >= 11 is 4.49. The Morgan fingerprint density at radius 2 is 1.85 bits per heavy atom. The smallest absolute Gasteiger partial charge is 0.341 e. The maximum absolute atomic E-state index is 12.5. The predicted molar refractivity (Wildman–Crippen MR) is 111 cm³/mol. The minimum absolute atomic E-state index is 0.0173. The molecule has 2 rings (SSSR count). The summed E-state index contributed by atoms with van der Waals surface area (Å²) in [6.07, 6.45) is 0.867. The average molecular weight is 392 g/mol. The van der Waals surface area contributed by atoms with Crippen molar-refractivity contribution in [3.05, 3.63) is 29.5 Å². The molecule has 0 unspecified atom stereocenters. The van der Waals surface area contributed by atoms with Crippen LogP contribution >= 0.6 is 12.6 Å². The molecule has 6 heteroatoms. The van der Waals surface area contributed by atoms with E-state index in [1.807, 2.05) is 19.1 Å². The molecule has 0 bridgehead atoms. The van der Waals surface area contributed by atoms with Crippen molar-refractivity contribution < 1.29 is 19.4 Å². The van der Waals surface area contributed by atoms with E-state index in [-0.39, 0.29) is 16.7 Å². The zero-order chi connectivity index (χ0) is 20.6. The number of nitrogens with zero attached hydrogens (tertiary/aromatic N) is 1. The second-order valence-corrected chi connectivity index (χ2v) is 8.81. The molecule has 5 nitrogen and oxygen atoms in total. The van der Waals surface area contributed by atoms with Crippen molar-refractivity contribution in [2.75, 3.05) is 12.4 Å². The molecule has 1 N–H and O–H groups in total. The van der Waals surface area contributed by atoms with Gasteiger partial charge >= 0.3 is 5.97 Å². The van der Waals surface area contributed by atoms with E-state index in [0.717, 1.165) is 23.4 Å². The molecule has 0 aliphatic carbocycles. The van der Waals surface area contributed by atoms with Gasteiger partial charge < -0.3 is 14.4 Å². The van der Waals surface area contributed by atoms with Gasteiger partial charge in [0.2, 0.25) is 0 Å². The lowest BCUT2D eigenvalue weighted by molar-refractivity contribution is -0.139. The van der Waals surface area contributed by atoms with Crippen molar-refractivity contribution >= 4 is 35.3 Å². The number of Topliss-reactive ketones (excluding diaryl/α,β-unsaturated/α-hetero) is 1. The van der Waals surface area contributed by atoms with Gasteiger partial charge in [-0.15, -0.1) is 0 Å². The molecule has 1 aromatic heterocycles. The van der Waals surface area contributed by atoms with Crippen LogP contribution in [-0.2, 0) is 10.3 Å². The Morgan fingerprint density at radius 1 is 1.22 bits per heavy atom. The topological polar surface area (TPSA) is 68.5 Å². The van der Waals surface area contributed by atoms with E-state index in [2.05, 4.69) is 44.9 Å². The van der Waals surface area contributed by atoms with E-state index >= 15 is 0 Å². The van der Waals surface area contributed by atoms with Gasteiger partial charge in [-0.2, -0.15) is 12.6 Å². The fourth-order valence-electron chi connectivity index (χ4n) is 4.21. The number of ketones is 1. The Bertz CT molecular complexity index is 880. The molecule has 0 radical (unpaired) electrons. The molecule has 148 valence electrons. The Morgan fingerprint density at radius 3 is 2.37 bits per heavy atom. The number of aromatic nitrogens is 1. The number of carboxylic acids is 1. The molecule has 0 saturated heterocycles. The van der Waals surface area contributed by atoms with Crippen LogP contribution in [0.5, 0.6) is 5.75 Å². The summed E-state index contributed by atoms with van der Waals surface area (Å²) in [6, 6.07) is 5.50. The van der Waals surface area contributed by atoms with Gasteiger partial charge in [-0.25, -0.2) is 4.79 Å². The highest BCUT2D eigenvalue weighted by atomic mass is 32.1. The van der Waals surface area contributed by atoms with E-state index in [9.17, 15) is 9.59 Å². The molecule has 0 amide bonds. The number of carboxylic acid groups (broad SMARTS) is 1. The summed E-state index contributed by atoms with van der Waals surface area (Å²) in [7, 11) is 0. The minimum Gasteiger partial charge on any atom is -0.481 e. The number of fused-ring (bicyclic) bond motifs is 1. The van der Waals surface area contributed by atoms with Gasteiger partial charge in [-0.05, 0) is 57.4 Å². The summed E-state index contributed by atoms with van der Waals surface area (Å²) in [4.78, 5) is 23.4. The molecule has 0 aliphatic heterocycles. The van der Waals surface area contributed by atoms with E-state index in [1.165, 1.54) is 6.92 Å². The van der Waals surface area contributed by atoms with Gasteiger partial charge in [0.1, 0.15) is 5.75 Å². The Balaban J connectivity index is 2.75. The van der Waals surface area contributed by atoms with E-state index in [4.69, 9.17) is 9.84 Å². The van der Waals surface area contributed by atoms with Gasteiger partial charge in [-0.1, -0.05) is 19.9 Å². The first-order valence-corrected chi connectivity index (χ1v) is 9.65. The van der Waals surface area contributed by atoms with Gasteiger partial charge in [0, 0.05) is 16.8 Å². The molecule has 0 atom stereocenters. The van der Waals surface area contributed by atoms with Gasteiger partial charge in [0.25, 0.3) is 0 Å². The standard InChI is InChI=1S/C21H29NO4S/c1-13-18(14(2)23)19-15(8-7-9-16(19)26-10-17(24)25)22(13)21(5,6)11-20(3,4)12-27/h7-9,27H,10-12H2,1-6H3,(H,24,25). The fourth-order valence-corrected chi connectivity index (χ4v) is 4.32. The Hall–Kier alpha value is -1.95. The molecular formula is C21H29NO4S. The van der Waals surface area contributed by atoms with Crippen LogP contribution in [0, 0.1) is 12.3 Å². The third kappa shape index (κ3) is 4.32. The molecule has 0 saturated carbocycles. The van der Waals surface area contributed by atoms with Crippen molar-refractivity contribution in [2.45, 2.75) is 53.5 Å². The highest BCUT2D eigenvalue weighted by molar-refractivity contribution is 7.80. The summed E-state index contributed by atoms with van der Waals surface area (Å²) < 4.78 is 7.68. The first kappa shape index (κ1) is 21.4. The van der Waals surface area contributed by atoms with Crippen LogP contribution in [0.3, 0.4) is 0 Å². The molecular weight excluding hydrogens is 362 g/mol. The second kappa shape index (κ2) is 7.58. The zero-order valence-corrected chi connectivity index (χ0v) is 17.8. The monoisotopic (exact) mass is 391 g/mol. The second-order valence-electron chi connectivity index (χ2n) is 8.50. The SMILES string of the molecule is CC(=O)c1c(C)n(C(C)(C)CC(C)(C)CS)c2cccc(OCC(=O)O)c12. The quantitative estimate of drug-likeness (QED) is 0.506. The number of benzene rings is 1. The molecule has 0 spiro atoms. The summed E-state index contributed by atoms with van der Waals surface area (Å²) in [6.45, 7) is 11.7. The predicted octanol–water partition coefficient (Wildman–Crippen LogP) is 4.70. The number of ether oxygens (including phenoxy) is 1. The average Bonchev–Trinajstić information content (AvgIpc) is 2.85. The van der Waals surface area contributed by atoms with Crippen LogP contribution in [0.2, 0.25) is 0 Å². The van der Waals surface area contributed by atoms with Crippen LogP contribution < -0.4 is 4.74 Å². The molecule has 1 heterocycles. The zero-order valence-electron chi connectivity index (χ0n) is 16.9. The highest BCUT2D eigenvalue weighted by Crippen LogP contribution is 2.41. The Labute approximate surface area is 166 Å². The number of carbonyl (C=O) groups is 2. The lowest BCUT2D eigenvalue weighted by Gasteiger charge is -2.37. The largest absolute Gasteiger partial charge is 0.481 e. The summed E-state index contributed by atoms with van der Waals surface area (Å²) in [5.41, 5.74) is 2.07. The number of aliphatic carboxylic acids is 1. The van der Waals surface area contributed by atoms with Crippen molar-refractivity contribution in [2.24, 2.45) is 5.41 Å². The maximum Gasteiger partial charge on any atom is 0.341 e. The van der Waals surface area contributed by atoms with Crippen molar-refractivity contribution in [1.29, 1.82) is 0 Å². The molecule has 2 aromatic rings. The van der Waals surface area contributed by atoms with E-state index in [0.29, 0.717) is 16.7 Å². The normalized spacial score (nSPS) is 12.4. The lowest BCUT2D eigenvalue weighted by Crippen LogP contribution is -2.34. The lowest BCUT2D eigenvalue weighted by atomic mass is 9.81. The fraction of sp³-hybridized carbons (Fsp3) is 0.524. The van der Waals surface area contributed by atoms with Crippen LogP contribution in [0.15, 0.2) is 18.2 Å². The third-order valence-corrected chi connectivity index (χ3v) is 5.70. The number of hydrogen-bond acceptors (Lipinski definition) is 4. The highest BCUT2D eigenvalue weighted by Gasteiger charge is 2.33. The van der Waals surface area contributed by atoms with Crippen molar-refractivity contribution in [3.63, 3.8) is 0 Å². The molecule has 1 aromatic carbocycles. The van der Waals surface area contributed by atoms with E-state index in [1.54, 1.807) is 6.07 Å². The van der Waals surface area contributed by atoms with Crippen molar-refractivity contribution in [3.8, 4) is 5.75 Å². The number of rotatable bonds is 8. The van der Waals surface area contributed by atoms with Crippen LogP contribution in [0.1, 0.15) is 57.1 Å². The van der Waals surface area contributed by atoms with Crippen molar-refractivity contribution in [1.82, 2.24) is 4.57 Å². The van der Waals surface area contributed by atoms with Gasteiger partial charge in [0.05, 0.1) is 10.9 Å². The van der Waals surface area contributed by atoms with Gasteiger partial charge in [-0.3, -0.25) is 4.79 Å². The van der Waals surface area contributed by atoms with Gasteiger partial charge in [0.15, 0.2) is 12.4 Å². The number of hydrogen-bond donors (Lipinski definition) is 2. The van der Waals surface area contributed by atoms with E-state index < -0.39 is 12.6 Å². The first-order chi connectivity index (χ1) is 12.4. The molecule has 0 fully saturated rings. The minimum atomic E-state index is -1.05. The Kier molecular flexibility index (Phi) is 6.00. The van der Waals surface area contributed by atoms with Crippen LogP contribution in [0.4, 0.5) is 0 Å². The molecule has 0 aliphatic rings. The number of thiol groups is 1. The summed E-state index contributed by atoms with van der Waals surface area (Å²) in [5, 5.41) is 9.65. The van der Waals surface area contributed by atoms with Crippen LogP contribution in [-0.4, -0.2) is 33.8 Å². The maximum atomic E-state index is 12.5. The summed E-state index contributed by atoms with van der Waals surface area (Å²) in [5.74, 6) is 0.0581. The molecule has 27 heavy (non-hydrogen) atoms. The number of carbonyl (C=O) groups excluding carboxylic acids is 1. The first-order valence-electron chi connectivity index (χ1n) is 9.02. The van der Waals surface area contributed by atoms with Crippen LogP contribution in [0.25, 0.3) is 10.9 Å².